The first-order chi connectivity index (χ1) is 12.2. The number of carbonyl (C=O) groups is 1. The zero-order valence-electron chi connectivity index (χ0n) is 14.5. The summed E-state index contributed by atoms with van der Waals surface area (Å²) in [7, 11) is 0. The molecule has 25 heavy (non-hydrogen) atoms. The summed E-state index contributed by atoms with van der Waals surface area (Å²) in [6, 6.07) is 10.2. The molecule has 2 fully saturated rings. The van der Waals surface area contributed by atoms with Gasteiger partial charge in [0.05, 0.1) is 18.8 Å². The van der Waals surface area contributed by atoms with Crippen LogP contribution in [-0.2, 0) is 11.3 Å². The van der Waals surface area contributed by atoms with Crippen molar-refractivity contribution in [3.63, 3.8) is 0 Å². The van der Waals surface area contributed by atoms with Crippen LogP contribution < -0.4 is 5.32 Å². The minimum absolute atomic E-state index is 0.134. The molecule has 132 valence electrons. The zero-order valence-corrected chi connectivity index (χ0v) is 14.5. The number of carbonyl (C=O) groups excluding carboxylic acids is 1. The highest BCUT2D eigenvalue weighted by atomic mass is 16.5. The second kappa shape index (κ2) is 6.59. The third-order valence-electron chi connectivity index (χ3n) is 5.70. The summed E-state index contributed by atoms with van der Waals surface area (Å²) in [5.41, 5.74) is 1.67. The van der Waals surface area contributed by atoms with E-state index in [0.717, 1.165) is 31.4 Å². The first-order valence-electron chi connectivity index (χ1n) is 9.08. The number of hydrogen-bond acceptors (Lipinski definition) is 4. The van der Waals surface area contributed by atoms with Crippen LogP contribution in [0.25, 0.3) is 0 Å². The van der Waals surface area contributed by atoms with Crippen molar-refractivity contribution in [2.45, 2.75) is 51.3 Å². The first kappa shape index (κ1) is 16.3. The maximum atomic E-state index is 12.5. The Morgan fingerprint density at radius 1 is 1.36 bits per heavy atom. The van der Waals surface area contributed by atoms with E-state index in [2.05, 4.69) is 15.6 Å². The Morgan fingerprint density at radius 3 is 2.84 bits per heavy atom. The van der Waals surface area contributed by atoms with Crippen molar-refractivity contribution in [3.05, 3.63) is 47.8 Å². The third-order valence-corrected chi connectivity index (χ3v) is 5.70. The van der Waals surface area contributed by atoms with Crippen LogP contribution in [0.4, 0.5) is 0 Å². The molecule has 6 nitrogen and oxygen atoms in total. The van der Waals surface area contributed by atoms with E-state index in [0.29, 0.717) is 18.3 Å². The van der Waals surface area contributed by atoms with Crippen molar-refractivity contribution in [1.29, 1.82) is 0 Å². The molecule has 2 aliphatic carbocycles. The molecule has 1 N–H and O–H groups in total. The number of aromatic nitrogens is 3. The summed E-state index contributed by atoms with van der Waals surface area (Å²) in [6.07, 6.45) is 6.42. The number of ether oxygens (including phenoxy) is 1. The maximum Gasteiger partial charge on any atom is 0.273 e. The lowest BCUT2D eigenvalue weighted by molar-refractivity contribution is -0.169. The number of rotatable bonds is 6. The van der Waals surface area contributed by atoms with E-state index in [9.17, 15) is 4.79 Å². The van der Waals surface area contributed by atoms with Gasteiger partial charge in [0.25, 0.3) is 5.91 Å². The summed E-state index contributed by atoms with van der Waals surface area (Å²) in [5.74, 6) is -0.134. The lowest BCUT2D eigenvalue weighted by atomic mass is 9.51. The van der Waals surface area contributed by atoms with Crippen LogP contribution in [0, 0.1) is 5.41 Å². The molecule has 1 spiro atoms. The van der Waals surface area contributed by atoms with Gasteiger partial charge in [-0.3, -0.25) is 4.79 Å². The summed E-state index contributed by atoms with van der Waals surface area (Å²) >= 11 is 0. The molecule has 1 aromatic carbocycles. The zero-order chi connectivity index (χ0) is 17.3. The van der Waals surface area contributed by atoms with E-state index in [-0.39, 0.29) is 17.4 Å². The predicted molar refractivity (Wildman–Crippen MR) is 93.1 cm³/mol. The van der Waals surface area contributed by atoms with Crippen molar-refractivity contribution in [1.82, 2.24) is 20.3 Å². The number of nitrogens with zero attached hydrogens (tertiary/aromatic N) is 3. The van der Waals surface area contributed by atoms with E-state index < -0.39 is 0 Å². The fourth-order valence-electron chi connectivity index (χ4n) is 4.12. The van der Waals surface area contributed by atoms with Crippen molar-refractivity contribution in [2.75, 3.05) is 6.61 Å². The van der Waals surface area contributed by atoms with Crippen molar-refractivity contribution < 1.29 is 9.53 Å². The van der Waals surface area contributed by atoms with Gasteiger partial charge in [0, 0.05) is 18.1 Å². The molecule has 2 aromatic rings. The van der Waals surface area contributed by atoms with E-state index in [1.54, 1.807) is 10.9 Å². The molecule has 6 heteroatoms. The number of benzene rings is 1. The summed E-state index contributed by atoms with van der Waals surface area (Å²) < 4.78 is 7.54. The number of amides is 1. The highest BCUT2D eigenvalue weighted by molar-refractivity contribution is 5.92. The van der Waals surface area contributed by atoms with Crippen LogP contribution >= 0.6 is 0 Å². The average Bonchev–Trinajstić information content (AvgIpc) is 3.01. The second-order valence-corrected chi connectivity index (χ2v) is 7.08. The van der Waals surface area contributed by atoms with E-state index >= 15 is 0 Å². The Hall–Kier alpha value is -2.21. The standard InChI is InChI=1S/C19H24N4O2/c1-2-25-17-11-16(19(17)9-6-10-19)20-18(24)15-13-23(22-21-15)12-14-7-4-3-5-8-14/h3-5,7-8,13,16-17H,2,6,9-12H2,1H3,(H,20,24)/t16-,17+/m1/s1. The molecule has 0 radical (unpaired) electrons. The van der Waals surface area contributed by atoms with Gasteiger partial charge in [-0.05, 0) is 31.7 Å². The van der Waals surface area contributed by atoms with Crippen molar-refractivity contribution >= 4 is 5.91 Å². The monoisotopic (exact) mass is 340 g/mol. The minimum atomic E-state index is -0.134. The van der Waals surface area contributed by atoms with Gasteiger partial charge in [0.2, 0.25) is 0 Å². The van der Waals surface area contributed by atoms with Crippen molar-refractivity contribution in [2.24, 2.45) is 5.41 Å². The molecule has 2 saturated carbocycles. The van der Waals surface area contributed by atoms with Gasteiger partial charge in [0.1, 0.15) is 0 Å². The minimum Gasteiger partial charge on any atom is -0.378 e. The predicted octanol–water partition coefficient (Wildman–Crippen LogP) is 2.40. The molecule has 1 amide bonds. The van der Waals surface area contributed by atoms with Gasteiger partial charge in [-0.1, -0.05) is 42.0 Å². The Morgan fingerprint density at radius 2 is 2.16 bits per heavy atom. The van der Waals surface area contributed by atoms with Gasteiger partial charge < -0.3 is 10.1 Å². The molecule has 2 atom stereocenters. The Bertz CT molecular complexity index is 739. The van der Waals surface area contributed by atoms with Crippen molar-refractivity contribution in [3.8, 4) is 0 Å². The first-order valence-corrected chi connectivity index (χ1v) is 9.08. The fourth-order valence-corrected chi connectivity index (χ4v) is 4.12. The third kappa shape index (κ3) is 2.95. The molecular weight excluding hydrogens is 316 g/mol. The van der Waals surface area contributed by atoms with Crippen LogP contribution in [0.2, 0.25) is 0 Å². The number of nitrogens with one attached hydrogen (secondary N) is 1. The normalized spacial score (nSPS) is 23.7. The summed E-state index contributed by atoms with van der Waals surface area (Å²) in [6.45, 7) is 3.38. The summed E-state index contributed by atoms with van der Waals surface area (Å²) in [5, 5.41) is 11.3. The van der Waals surface area contributed by atoms with Crippen LogP contribution in [0.3, 0.4) is 0 Å². The van der Waals surface area contributed by atoms with Crippen LogP contribution in [0.1, 0.15) is 48.7 Å². The lowest BCUT2D eigenvalue weighted by Gasteiger charge is -2.60. The van der Waals surface area contributed by atoms with E-state index in [4.69, 9.17) is 4.74 Å². The lowest BCUT2D eigenvalue weighted by Crippen LogP contribution is -2.67. The van der Waals surface area contributed by atoms with Gasteiger partial charge in [-0.2, -0.15) is 0 Å². The summed E-state index contributed by atoms with van der Waals surface area (Å²) in [4.78, 5) is 12.5. The smallest absolute Gasteiger partial charge is 0.273 e. The van der Waals surface area contributed by atoms with Gasteiger partial charge in [0.15, 0.2) is 5.69 Å². The van der Waals surface area contributed by atoms with E-state index in [1.165, 1.54) is 6.42 Å². The highest BCUT2D eigenvalue weighted by Gasteiger charge is 2.59. The fraction of sp³-hybridized carbons (Fsp3) is 0.526. The SMILES string of the molecule is CCO[C@H]1C[C@@H](NC(=O)c2cn(Cc3ccccc3)nn2)C12CCC2. The molecule has 4 rings (SSSR count). The van der Waals surface area contributed by atoms with Crippen LogP contribution in [0.5, 0.6) is 0 Å². The van der Waals surface area contributed by atoms with Gasteiger partial charge in [-0.15, -0.1) is 5.10 Å². The Kier molecular flexibility index (Phi) is 4.29. The average molecular weight is 340 g/mol. The molecule has 0 aliphatic heterocycles. The maximum absolute atomic E-state index is 12.5. The molecule has 0 bridgehead atoms. The quantitative estimate of drug-likeness (QED) is 0.877. The highest BCUT2D eigenvalue weighted by Crippen LogP contribution is 2.57. The van der Waals surface area contributed by atoms with Gasteiger partial charge >= 0.3 is 0 Å². The van der Waals surface area contributed by atoms with Crippen LogP contribution in [-0.4, -0.2) is 39.7 Å². The topological polar surface area (TPSA) is 69.0 Å². The van der Waals surface area contributed by atoms with E-state index in [1.807, 2.05) is 37.3 Å². The molecule has 1 aromatic heterocycles. The van der Waals surface area contributed by atoms with Crippen LogP contribution in [0.15, 0.2) is 36.5 Å². The second-order valence-electron chi connectivity index (χ2n) is 7.08. The number of hydrogen-bond donors (Lipinski definition) is 1. The Labute approximate surface area is 147 Å². The Balaban J connectivity index is 1.38. The largest absolute Gasteiger partial charge is 0.378 e. The molecule has 0 unspecified atom stereocenters. The molecule has 1 heterocycles. The molecule has 0 saturated heterocycles. The molecular formula is C19H24N4O2. The van der Waals surface area contributed by atoms with Gasteiger partial charge in [-0.25, -0.2) is 4.68 Å². The molecule has 2 aliphatic rings.